The Balaban J connectivity index is 2.11. The summed E-state index contributed by atoms with van der Waals surface area (Å²) in [5.74, 6) is -0.0670. The van der Waals surface area contributed by atoms with Gasteiger partial charge in [-0.3, -0.25) is 4.79 Å². The number of nitrogens with two attached hydrogens (primary N) is 1. The lowest BCUT2D eigenvalue weighted by molar-refractivity contribution is -0.142. The van der Waals surface area contributed by atoms with Gasteiger partial charge >= 0.3 is 5.97 Å². The van der Waals surface area contributed by atoms with Crippen molar-refractivity contribution in [2.45, 2.75) is 44.6 Å². The Morgan fingerprint density at radius 3 is 2.45 bits per heavy atom. The first-order valence-corrected chi connectivity index (χ1v) is 7.70. The summed E-state index contributed by atoms with van der Waals surface area (Å²) in [4.78, 5) is 15.7. The first-order valence-electron chi connectivity index (χ1n) is 7.70. The minimum Gasteiger partial charge on any atom is -0.480 e. The summed E-state index contributed by atoms with van der Waals surface area (Å²) in [6, 6.07) is 0. The molecule has 0 amide bonds. The molecule has 0 saturated carbocycles. The summed E-state index contributed by atoms with van der Waals surface area (Å²) < 4.78 is 0. The minimum atomic E-state index is -1.07. The molecule has 0 bridgehead atoms. The van der Waals surface area contributed by atoms with Crippen molar-refractivity contribution in [3.05, 3.63) is 0 Å². The fourth-order valence-corrected chi connectivity index (χ4v) is 2.84. The highest BCUT2D eigenvalue weighted by Crippen LogP contribution is 2.18. The molecule has 1 fully saturated rings. The van der Waals surface area contributed by atoms with Gasteiger partial charge in [-0.25, -0.2) is 0 Å². The molecule has 1 saturated heterocycles. The molecule has 20 heavy (non-hydrogen) atoms. The lowest BCUT2D eigenvalue weighted by atomic mass is 9.95. The smallest absolute Gasteiger partial charge is 0.323 e. The van der Waals surface area contributed by atoms with E-state index in [9.17, 15) is 4.79 Å². The predicted molar refractivity (Wildman–Crippen MR) is 81.8 cm³/mol. The summed E-state index contributed by atoms with van der Waals surface area (Å²) in [6.45, 7) is 6.22. The van der Waals surface area contributed by atoms with Gasteiger partial charge in [0.1, 0.15) is 5.54 Å². The van der Waals surface area contributed by atoms with Gasteiger partial charge in [0.2, 0.25) is 0 Å². The highest BCUT2D eigenvalue weighted by Gasteiger charge is 2.27. The van der Waals surface area contributed by atoms with Crippen molar-refractivity contribution >= 4 is 5.97 Å². The Morgan fingerprint density at radius 2 is 1.95 bits per heavy atom. The first-order chi connectivity index (χ1) is 9.31. The number of unbranched alkanes of at least 4 members (excludes halogenated alkanes) is 1. The van der Waals surface area contributed by atoms with E-state index in [0.717, 1.165) is 25.3 Å². The van der Waals surface area contributed by atoms with Gasteiger partial charge in [0.15, 0.2) is 0 Å². The van der Waals surface area contributed by atoms with Crippen LogP contribution in [0.15, 0.2) is 0 Å². The molecule has 1 aliphatic rings. The SMILES string of the molecule is CN(C)CC1CCN(CCCCC(C)(N)C(=O)O)CC1. The fourth-order valence-electron chi connectivity index (χ4n) is 2.84. The molecule has 1 rings (SSSR count). The number of piperidine rings is 1. The fraction of sp³-hybridized carbons (Fsp3) is 0.933. The van der Waals surface area contributed by atoms with Gasteiger partial charge in [0.25, 0.3) is 0 Å². The van der Waals surface area contributed by atoms with Gasteiger partial charge in [-0.2, -0.15) is 0 Å². The lowest BCUT2D eigenvalue weighted by Crippen LogP contribution is -2.44. The molecule has 0 aromatic rings. The largest absolute Gasteiger partial charge is 0.480 e. The van der Waals surface area contributed by atoms with E-state index in [2.05, 4.69) is 23.9 Å². The number of nitrogens with zero attached hydrogens (tertiary/aromatic N) is 2. The van der Waals surface area contributed by atoms with E-state index in [-0.39, 0.29) is 0 Å². The summed E-state index contributed by atoms with van der Waals surface area (Å²) in [7, 11) is 4.28. The van der Waals surface area contributed by atoms with E-state index < -0.39 is 11.5 Å². The van der Waals surface area contributed by atoms with Crippen molar-refractivity contribution in [2.75, 3.05) is 40.3 Å². The van der Waals surface area contributed by atoms with E-state index in [1.54, 1.807) is 6.92 Å². The number of carbonyl (C=O) groups is 1. The molecule has 0 aromatic heterocycles. The van der Waals surface area contributed by atoms with Crippen LogP contribution in [0.4, 0.5) is 0 Å². The number of rotatable bonds is 8. The standard InChI is InChI=1S/C15H31N3O2/c1-15(16,14(19)20)8-4-5-9-18-10-6-13(7-11-18)12-17(2)3/h13H,4-12,16H2,1-3H3,(H,19,20). The zero-order valence-electron chi connectivity index (χ0n) is 13.3. The summed E-state index contributed by atoms with van der Waals surface area (Å²) in [5, 5.41) is 8.95. The molecule has 0 aromatic carbocycles. The van der Waals surface area contributed by atoms with Crippen LogP contribution < -0.4 is 5.73 Å². The van der Waals surface area contributed by atoms with Crippen LogP contribution in [0, 0.1) is 5.92 Å². The predicted octanol–water partition coefficient (Wildman–Crippen LogP) is 1.23. The number of carboxylic acid groups (broad SMARTS) is 1. The molecule has 1 atom stereocenters. The molecule has 5 nitrogen and oxygen atoms in total. The quantitative estimate of drug-likeness (QED) is 0.657. The second-order valence-corrected chi connectivity index (χ2v) is 6.73. The van der Waals surface area contributed by atoms with Crippen molar-refractivity contribution in [1.29, 1.82) is 0 Å². The Labute approximate surface area is 123 Å². The van der Waals surface area contributed by atoms with Gasteiger partial charge in [-0.15, -0.1) is 0 Å². The van der Waals surface area contributed by atoms with Gasteiger partial charge in [0.05, 0.1) is 0 Å². The Bertz CT molecular complexity index is 297. The Hall–Kier alpha value is -0.650. The second kappa shape index (κ2) is 7.96. The third-order valence-corrected chi connectivity index (χ3v) is 4.24. The molecule has 118 valence electrons. The van der Waals surface area contributed by atoms with E-state index in [1.807, 2.05) is 0 Å². The molecule has 1 aliphatic heterocycles. The molecule has 0 radical (unpaired) electrons. The summed E-state index contributed by atoms with van der Waals surface area (Å²) in [6.07, 6.45) is 5.04. The lowest BCUT2D eigenvalue weighted by Gasteiger charge is -2.33. The Morgan fingerprint density at radius 1 is 1.35 bits per heavy atom. The number of likely N-dealkylation sites (tertiary alicyclic amines) is 1. The first kappa shape index (κ1) is 17.4. The maximum Gasteiger partial charge on any atom is 0.323 e. The monoisotopic (exact) mass is 285 g/mol. The highest BCUT2D eigenvalue weighted by molar-refractivity contribution is 5.77. The van der Waals surface area contributed by atoms with Crippen molar-refractivity contribution in [3.8, 4) is 0 Å². The third-order valence-electron chi connectivity index (χ3n) is 4.24. The van der Waals surface area contributed by atoms with Gasteiger partial charge < -0.3 is 20.6 Å². The van der Waals surface area contributed by atoms with Crippen LogP contribution in [0.25, 0.3) is 0 Å². The van der Waals surface area contributed by atoms with Gasteiger partial charge in [0, 0.05) is 6.54 Å². The van der Waals surface area contributed by atoms with Gasteiger partial charge in [-0.05, 0) is 78.7 Å². The topological polar surface area (TPSA) is 69.8 Å². The number of hydrogen-bond donors (Lipinski definition) is 2. The molecule has 1 heterocycles. The average molecular weight is 285 g/mol. The highest BCUT2D eigenvalue weighted by atomic mass is 16.4. The number of aliphatic carboxylic acids is 1. The van der Waals surface area contributed by atoms with Gasteiger partial charge in [-0.1, -0.05) is 0 Å². The maximum absolute atomic E-state index is 10.9. The van der Waals surface area contributed by atoms with Crippen LogP contribution in [-0.2, 0) is 4.79 Å². The maximum atomic E-state index is 10.9. The molecule has 0 spiro atoms. The van der Waals surface area contributed by atoms with Crippen LogP contribution in [-0.4, -0.2) is 66.7 Å². The number of hydrogen-bond acceptors (Lipinski definition) is 4. The van der Waals surface area contributed by atoms with Crippen LogP contribution in [0.3, 0.4) is 0 Å². The molecule has 1 unspecified atom stereocenters. The van der Waals surface area contributed by atoms with Crippen molar-refractivity contribution in [2.24, 2.45) is 11.7 Å². The second-order valence-electron chi connectivity index (χ2n) is 6.73. The molecule has 3 N–H and O–H groups in total. The van der Waals surface area contributed by atoms with Crippen LogP contribution in [0.2, 0.25) is 0 Å². The minimum absolute atomic E-state index is 0.555. The van der Waals surface area contributed by atoms with Crippen LogP contribution in [0.1, 0.15) is 39.0 Å². The molecular weight excluding hydrogens is 254 g/mol. The van der Waals surface area contributed by atoms with E-state index >= 15 is 0 Å². The number of carboxylic acids is 1. The average Bonchev–Trinajstić information content (AvgIpc) is 2.35. The van der Waals surface area contributed by atoms with Crippen LogP contribution >= 0.6 is 0 Å². The van der Waals surface area contributed by atoms with Crippen molar-refractivity contribution in [1.82, 2.24) is 9.80 Å². The Kier molecular flexibility index (Phi) is 6.92. The molecule has 5 heteroatoms. The van der Waals surface area contributed by atoms with E-state index in [0.29, 0.717) is 6.42 Å². The third kappa shape index (κ3) is 6.20. The molecule has 0 aliphatic carbocycles. The normalized spacial score (nSPS) is 21.1. The zero-order chi connectivity index (χ0) is 15.2. The molecular formula is C15H31N3O2. The summed E-state index contributed by atoms with van der Waals surface area (Å²) in [5.41, 5.74) is 4.65. The zero-order valence-corrected chi connectivity index (χ0v) is 13.3. The van der Waals surface area contributed by atoms with E-state index in [1.165, 1.54) is 32.5 Å². The van der Waals surface area contributed by atoms with Crippen molar-refractivity contribution < 1.29 is 9.90 Å². The van der Waals surface area contributed by atoms with E-state index in [4.69, 9.17) is 10.8 Å². The van der Waals surface area contributed by atoms with Crippen LogP contribution in [0.5, 0.6) is 0 Å². The summed E-state index contributed by atoms with van der Waals surface area (Å²) >= 11 is 0. The van der Waals surface area contributed by atoms with Crippen molar-refractivity contribution in [3.63, 3.8) is 0 Å².